The van der Waals surface area contributed by atoms with Gasteiger partial charge in [-0.05, 0) is 48.4 Å². The minimum Gasteiger partial charge on any atom is -0.674 e. The van der Waals surface area contributed by atoms with Crippen LogP contribution >= 0.6 is 0 Å². The monoisotopic (exact) mass is 594 g/mol. The molecule has 0 bridgehead atoms. The lowest BCUT2D eigenvalue weighted by Gasteiger charge is -2.38. The van der Waals surface area contributed by atoms with Crippen molar-refractivity contribution < 1.29 is 36.2 Å². The standard InChI is InChI=1S/C17H17F3N4O5S.C10H14N/c18-17(19,20)29-12-2-4-13(5-3-12)30(27,28)24-8-7-23(10-14(24)16(25)26)15-6-1-11(21)9-22-15;1-2-3-9-4-6-10(8-11)7-5-9/h1-6,9,14H,7-8,10,21H2,(H,25,26);4-7,11H,2-3,8H2,1H3/q;-1/t14-;/m1./s1. The van der Waals surface area contributed by atoms with Gasteiger partial charge in [0.2, 0.25) is 10.0 Å². The molecule has 0 radical (unpaired) electrons. The summed E-state index contributed by atoms with van der Waals surface area (Å²) in [5.74, 6) is -1.51. The Hall–Kier alpha value is -3.88. The molecule has 0 unspecified atom stereocenters. The number of benzene rings is 2. The van der Waals surface area contributed by atoms with E-state index in [-0.39, 0.29) is 24.5 Å². The van der Waals surface area contributed by atoms with Crippen molar-refractivity contribution in [2.24, 2.45) is 0 Å². The molecule has 1 aliphatic rings. The zero-order valence-corrected chi connectivity index (χ0v) is 23.0. The predicted octanol–water partition coefficient (Wildman–Crippen LogP) is 4.72. The Labute approximate surface area is 236 Å². The lowest BCUT2D eigenvalue weighted by atomic mass is 10.1. The van der Waals surface area contributed by atoms with Crippen molar-refractivity contribution in [2.45, 2.75) is 43.6 Å². The van der Waals surface area contributed by atoms with Gasteiger partial charge >= 0.3 is 12.3 Å². The third kappa shape index (κ3) is 8.80. The summed E-state index contributed by atoms with van der Waals surface area (Å²) in [5, 5.41) is 9.58. The molecule has 2 aromatic carbocycles. The number of pyridine rings is 1. The average molecular weight is 595 g/mol. The van der Waals surface area contributed by atoms with Crippen LogP contribution in [0.2, 0.25) is 0 Å². The summed E-state index contributed by atoms with van der Waals surface area (Å²) in [4.78, 5) is 17.2. The van der Waals surface area contributed by atoms with Crippen molar-refractivity contribution in [1.29, 1.82) is 0 Å². The van der Waals surface area contributed by atoms with Crippen LogP contribution in [0.3, 0.4) is 0 Å². The number of hydrogen-bond acceptors (Lipinski definition) is 7. The van der Waals surface area contributed by atoms with Crippen LogP contribution in [0.1, 0.15) is 24.5 Å². The molecule has 4 rings (SSSR count). The number of aromatic nitrogens is 1. The fourth-order valence-corrected chi connectivity index (χ4v) is 5.67. The van der Waals surface area contributed by atoms with Crippen molar-refractivity contribution in [3.8, 4) is 5.75 Å². The number of aryl methyl sites for hydroxylation is 1. The number of carboxylic acids is 1. The third-order valence-corrected chi connectivity index (χ3v) is 8.06. The number of piperazine rings is 1. The van der Waals surface area contributed by atoms with Crippen molar-refractivity contribution in [2.75, 3.05) is 30.3 Å². The van der Waals surface area contributed by atoms with Gasteiger partial charge in [0.05, 0.1) is 16.8 Å². The molecule has 41 heavy (non-hydrogen) atoms. The number of nitrogens with one attached hydrogen (secondary N) is 1. The van der Waals surface area contributed by atoms with Gasteiger partial charge in [-0.15, -0.1) is 19.7 Å². The Morgan fingerprint density at radius 2 is 1.71 bits per heavy atom. The van der Waals surface area contributed by atoms with Gasteiger partial charge in [0.1, 0.15) is 17.6 Å². The first-order chi connectivity index (χ1) is 19.3. The molecular weight excluding hydrogens is 563 g/mol. The predicted molar refractivity (Wildman–Crippen MR) is 148 cm³/mol. The van der Waals surface area contributed by atoms with Gasteiger partial charge in [-0.2, -0.15) is 4.31 Å². The van der Waals surface area contributed by atoms with E-state index < -0.39 is 34.1 Å². The van der Waals surface area contributed by atoms with E-state index >= 15 is 0 Å². The van der Waals surface area contributed by atoms with Gasteiger partial charge in [0.15, 0.2) is 0 Å². The molecule has 222 valence electrons. The minimum atomic E-state index is -4.92. The Balaban J connectivity index is 0.000000352. The molecule has 0 aliphatic carbocycles. The van der Waals surface area contributed by atoms with Crippen molar-refractivity contribution in [3.63, 3.8) is 0 Å². The van der Waals surface area contributed by atoms with E-state index in [9.17, 15) is 31.5 Å². The summed E-state index contributed by atoms with van der Waals surface area (Å²) in [7, 11) is -4.28. The molecule has 1 fully saturated rings. The molecule has 4 N–H and O–H groups in total. The lowest BCUT2D eigenvalue weighted by molar-refractivity contribution is -0.274. The van der Waals surface area contributed by atoms with Gasteiger partial charge in [-0.25, -0.2) is 13.4 Å². The number of nitrogens with zero attached hydrogens (tertiary/aromatic N) is 3. The number of anilines is 2. The quantitative estimate of drug-likeness (QED) is 0.381. The number of nitrogens with two attached hydrogens (primary N) is 1. The number of halogens is 3. The normalized spacial score (nSPS) is 16.0. The largest absolute Gasteiger partial charge is 0.674 e. The molecule has 14 heteroatoms. The zero-order chi connectivity index (χ0) is 30.2. The van der Waals surface area contributed by atoms with Crippen LogP contribution in [0, 0.1) is 0 Å². The van der Waals surface area contributed by atoms with E-state index in [2.05, 4.69) is 28.8 Å². The number of carboxylic acid groups (broad SMARTS) is 1. The number of nitrogen functional groups attached to an aromatic ring is 1. The molecule has 2 heterocycles. The molecule has 0 spiro atoms. The Bertz CT molecular complexity index is 1390. The number of carbonyl (C=O) groups is 1. The topological polar surface area (TPSA) is 150 Å². The van der Waals surface area contributed by atoms with E-state index in [1.807, 2.05) is 12.1 Å². The van der Waals surface area contributed by atoms with Crippen LogP contribution in [0.15, 0.2) is 71.8 Å². The number of hydrogen-bond donors (Lipinski definition) is 2. The van der Waals surface area contributed by atoms with E-state index in [1.165, 1.54) is 18.2 Å². The molecular formula is C27H31F3N5O5S-. The molecule has 10 nitrogen and oxygen atoms in total. The summed E-state index contributed by atoms with van der Waals surface area (Å²) in [6, 6.07) is 13.6. The fourth-order valence-electron chi connectivity index (χ4n) is 4.11. The van der Waals surface area contributed by atoms with E-state index in [0.29, 0.717) is 18.1 Å². The van der Waals surface area contributed by atoms with Crippen molar-refractivity contribution >= 4 is 27.5 Å². The highest BCUT2D eigenvalue weighted by molar-refractivity contribution is 7.89. The number of alkyl halides is 3. The first kappa shape index (κ1) is 31.6. The van der Waals surface area contributed by atoms with Crippen molar-refractivity contribution in [3.05, 3.63) is 83.7 Å². The summed E-state index contributed by atoms with van der Waals surface area (Å²) < 4.78 is 67.2. The van der Waals surface area contributed by atoms with Crippen LogP contribution in [0.5, 0.6) is 5.75 Å². The maximum absolute atomic E-state index is 12.9. The second-order valence-electron chi connectivity index (χ2n) is 9.13. The van der Waals surface area contributed by atoms with Crippen LogP contribution < -0.4 is 15.4 Å². The second-order valence-corrected chi connectivity index (χ2v) is 11.0. The van der Waals surface area contributed by atoms with Gasteiger partial charge in [-0.1, -0.05) is 43.2 Å². The highest BCUT2D eigenvalue weighted by Crippen LogP contribution is 2.28. The molecule has 1 saturated heterocycles. The number of sulfonamides is 1. The number of ether oxygens (including phenoxy) is 1. The minimum absolute atomic E-state index is 0.161. The fraction of sp³-hybridized carbons (Fsp3) is 0.333. The Kier molecular flexibility index (Phi) is 10.5. The third-order valence-electron chi connectivity index (χ3n) is 6.14. The Morgan fingerprint density at radius 3 is 2.22 bits per heavy atom. The van der Waals surface area contributed by atoms with Gasteiger partial charge in [0, 0.05) is 19.6 Å². The maximum Gasteiger partial charge on any atom is 0.573 e. The van der Waals surface area contributed by atoms with Gasteiger partial charge in [-0.3, -0.25) is 4.79 Å². The van der Waals surface area contributed by atoms with E-state index in [4.69, 9.17) is 11.5 Å². The summed E-state index contributed by atoms with van der Waals surface area (Å²) in [6.45, 7) is 2.41. The SMILES string of the molecule is CCCc1ccc(C[NH-])cc1.Nc1ccc(N2CCN(S(=O)(=O)c3ccc(OC(F)(F)F)cc3)[C@@H](C(=O)O)C2)nc1. The first-order valence-electron chi connectivity index (χ1n) is 12.6. The molecule has 1 aliphatic heterocycles. The van der Waals surface area contributed by atoms with Crippen molar-refractivity contribution in [1.82, 2.24) is 9.29 Å². The smallest absolute Gasteiger partial charge is 0.573 e. The molecule has 1 atom stereocenters. The van der Waals surface area contributed by atoms with Gasteiger partial charge in [0.25, 0.3) is 0 Å². The van der Waals surface area contributed by atoms with Gasteiger partial charge < -0.3 is 26.2 Å². The molecule has 1 aromatic heterocycles. The Morgan fingerprint density at radius 1 is 1.07 bits per heavy atom. The highest BCUT2D eigenvalue weighted by atomic mass is 32.2. The zero-order valence-electron chi connectivity index (χ0n) is 22.2. The lowest BCUT2D eigenvalue weighted by Crippen LogP contribution is -2.58. The van der Waals surface area contributed by atoms with Crippen LogP contribution in [-0.4, -0.2) is 60.8 Å². The van der Waals surface area contributed by atoms with E-state index in [1.54, 1.807) is 17.0 Å². The molecule has 0 amide bonds. The van der Waals surface area contributed by atoms with Crippen LogP contribution in [0.4, 0.5) is 24.7 Å². The second kappa shape index (κ2) is 13.7. The maximum atomic E-state index is 12.9. The summed E-state index contributed by atoms with van der Waals surface area (Å²) in [6.07, 6.45) is -1.17. The average Bonchev–Trinajstić information content (AvgIpc) is 2.93. The summed E-state index contributed by atoms with van der Waals surface area (Å²) >= 11 is 0. The molecule has 3 aromatic rings. The summed E-state index contributed by atoms with van der Waals surface area (Å²) in [5.41, 5.74) is 15.6. The van der Waals surface area contributed by atoms with Crippen LogP contribution in [-0.2, 0) is 27.8 Å². The first-order valence-corrected chi connectivity index (χ1v) is 14.1. The number of rotatable bonds is 8. The molecule has 0 saturated carbocycles. The number of aliphatic carboxylic acids is 1. The highest BCUT2D eigenvalue weighted by Gasteiger charge is 2.40. The van der Waals surface area contributed by atoms with Crippen LogP contribution in [0.25, 0.3) is 5.73 Å². The van der Waals surface area contributed by atoms with E-state index in [0.717, 1.165) is 40.6 Å².